The molecule has 0 unspecified atom stereocenters. The van der Waals surface area contributed by atoms with E-state index < -0.39 is 10.0 Å². The average molecular weight is 388 g/mol. The van der Waals surface area contributed by atoms with Gasteiger partial charge in [0, 0.05) is 49.9 Å². The highest BCUT2D eigenvalue weighted by atomic mass is 35.5. The second kappa shape index (κ2) is 8.87. The number of sulfonamides is 1. The molecule has 0 radical (unpaired) electrons. The second-order valence-corrected chi connectivity index (χ2v) is 9.15. The van der Waals surface area contributed by atoms with E-state index in [2.05, 4.69) is 10.2 Å². The van der Waals surface area contributed by atoms with Gasteiger partial charge in [0.05, 0.1) is 5.75 Å². The SMILES string of the molecule is CC(C)CC(=O)NCCS(=O)(=O)N1CCN(c2cccc(Cl)c2)CC1. The number of piperazine rings is 1. The molecule has 25 heavy (non-hydrogen) atoms. The monoisotopic (exact) mass is 387 g/mol. The molecule has 0 atom stereocenters. The summed E-state index contributed by atoms with van der Waals surface area (Å²) in [7, 11) is -3.36. The Kier molecular flexibility index (Phi) is 7.10. The summed E-state index contributed by atoms with van der Waals surface area (Å²) in [5.41, 5.74) is 1.01. The molecule has 0 bridgehead atoms. The van der Waals surface area contributed by atoms with Crippen LogP contribution in [0.2, 0.25) is 5.02 Å². The fourth-order valence-electron chi connectivity index (χ4n) is 2.79. The van der Waals surface area contributed by atoms with Gasteiger partial charge in [-0.2, -0.15) is 4.31 Å². The van der Waals surface area contributed by atoms with Gasteiger partial charge in [-0.1, -0.05) is 31.5 Å². The molecule has 6 nitrogen and oxygen atoms in total. The first-order valence-electron chi connectivity index (χ1n) is 8.53. The molecule has 2 rings (SSSR count). The molecule has 0 aliphatic carbocycles. The standard InChI is InChI=1S/C17H26ClN3O3S/c1-14(2)12-17(22)19-6-11-25(23,24)21-9-7-20(8-10-21)16-5-3-4-15(18)13-16/h3-5,13-14H,6-12H2,1-2H3,(H,19,22). The molecule has 1 fully saturated rings. The zero-order valence-corrected chi connectivity index (χ0v) is 16.3. The van der Waals surface area contributed by atoms with Crippen molar-refractivity contribution in [1.82, 2.24) is 9.62 Å². The Morgan fingerprint density at radius 2 is 1.92 bits per heavy atom. The van der Waals surface area contributed by atoms with E-state index in [4.69, 9.17) is 11.6 Å². The smallest absolute Gasteiger partial charge is 0.220 e. The topological polar surface area (TPSA) is 69.7 Å². The van der Waals surface area contributed by atoms with Crippen molar-refractivity contribution in [2.24, 2.45) is 5.92 Å². The van der Waals surface area contributed by atoms with Crippen molar-refractivity contribution in [3.05, 3.63) is 29.3 Å². The predicted molar refractivity (Wildman–Crippen MR) is 101 cm³/mol. The molecule has 1 N–H and O–H groups in total. The first-order chi connectivity index (χ1) is 11.8. The highest BCUT2D eigenvalue weighted by molar-refractivity contribution is 7.89. The van der Waals surface area contributed by atoms with Crippen molar-refractivity contribution in [2.45, 2.75) is 20.3 Å². The Hall–Kier alpha value is -1.31. The number of carbonyl (C=O) groups is 1. The van der Waals surface area contributed by atoms with E-state index in [-0.39, 0.29) is 24.1 Å². The predicted octanol–water partition coefficient (Wildman–Crippen LogP) is 1.95. The Morgan fingerprint density at radius 1 is 1.24 bits per heavy atom. The quantitative estimate of drug-likeness (QED) is 0.776. The van der Waals surface area contributed by atoms with Crippen molar-refractivity contribution in [1.29, 1.82) is 0 Å². The summed E-state index contributed by atoms with van der Waals surface area (Å²) in [5, 5.41) is 3.35. The Morgan fingerprint density at radius 3 is 2.52 bits per heavy atom. The Balaban J connectivity index is 1.81. The molecule has 1 aliphatic rings. The zero-order chi connectivity index (χ0) is 18.4. The number of hydrogen-bond donors (Lipinski definition) is 1. The van der Waals surface area contributed by atoms with Gasteiger partial charge in [-0.3, -0.25) is 4.79 Å². The lowest BCUT2D eigenvalue weighted by Crippen LogP contribution is -2.50. The summed E-state index contributed by atoms with van der Waals surface area (Å²) in [4.78, 5) is 13.7. The van der Waals surface area contributed by atoms with Gasteiger partial charge < -0.3 is 10.2 Å². The highest BCUT2D eigenvalue weighted by Crippen LogP contribution is 2.21. The van der Waals surface area contributed by atoms with Crippen molar-refractivity contribution in [3.8, 4) is 0 Å². The van der Waals surface area contributed by atoms with Crippen LogP contribution in [-0.4, -0.2) is 57.1 Å². The van der Waals surface area contributed by atoms with Gasteiger partial charge in [0.2, 0.25) is 15.9 Å². The van der Waals surface area contributed by atoms with E-state index in [0.29, 0.717) is 37.6 Å². The van der Waals surface area contributed by atoms with E-state index in [1.807, 2.05) is 38.1 Å². The Bertz CT molecular complexity index is 686. The van der Waals surface area contributed by atoms with E-state index in [1.165, 1.54) is 4.31 Å². The van der Waals surface area contributed by atoms with Gasteiger partial charge in [-0.25, -0.2) is 8.42 Å². The fraction of sp³-hybridized carbons (Fsp3) is 0.588. The van der Waals surface area contributed by atoms with Crippen LogP contribution in [0.3, 0.4) is 0 Å². The summed E-state index contributed by atoms with van der Waals surface area (Å²) in [6, 6.07) is 7.57. The molecule has 1 aliphatic heterocycles. The van der Waals surface area contributed by atoms with Crippen LogP contribution in [0.25, 0.3) is 0 Å². The molecule has 1 saturated heterocycles. The summed E-state index contributed by atoms with van der Waals surface area (Å²) < 4.78 is 26.3. The van der Waals surface area contributed by atoms with E-state index in [0.717, 1.165) is 5.69 Å². The first-order valence-corrected chi connectivity index (χ1v) is 10.5. The molecule has 0 aromatic heterocycles. The summed E-state index contributed by atoms with van der Waals surface area (Å²) in [5.74, 6) is 0.0979. The average Bonchev–Trinajstić information content (AvgIpc) is 2.54. The third-order valence-corrected chi connectivity index (χ3v) is 6.19. The number of halogens is 1. The van der Waals surface area contributed by atoms with Gasteiger partial charge >= 0.3 is 0 Å². The second-order valence-electron chi connectivity index (χ2n) is 6.63. The van der Waals surface area contributed by atoms with Crippen LogP contribution in [0.15, 0.2) is 24.3 Å². The highest BCUT2D eigenvalue weighted by Gasteiger charge is 2.26. The molecule has 8 heteroatoms. The molecular weight excluding hydrogens is 362 g/mol. The molecule has 140 valence electrons. The molecule has 0 saturated carbocycles. The fourth-order valence-corrected chi connectivity index (χ4v) is 4.31. The van der Waals surface area contributed by atoms with E-state index in [9.17, 15) is 13.2 Å². The van der Waals surface area contributed by atoms with Crippen molar-refractivity contribution < 1.29 is 13.2 Å². The van der Waals surface area contributed by atoms with Gasteiger partial charge in [0.25, 0.3) is 0 Å². The van der Waals surface area contributed by atoms with Crippen LogP contribution in [0.5, 0.6) is 0 Å². The minimum atomic E-state index is -3.36. The van der Waals surface area contributed by atoms with Gasteiger partial charge in [0.15, 0.2) is 0 Å². The maximum Gasteiger partial charge on any atom is 0.220 e. The van der Waals surface area contributed by atoms with Crippen LogP contribution in [0.4, 0.5) is 5.69 Å². The molecule has 1 amide bonds. The number of rotatable bonds is 7. The zero-order valence-electron chi connectivity index (χ0n) is 14.7. The lowest BCUT2D eigenvalue weighted by molar-refractivity contribution is -0.121. The lowest BCUT2D eigenvalue weighted by Gasteiger charge is -2.35. The number of carbonyl (C=O) groups excluding carboxylic acids is 1. The normalized spacial score (nSPS) is 16.2. The Labute approximate surface area is 155 Å². The van der Waals surface area contributed by atoms with Gasteiger partial charge in [0.1, 0.15) is 0 Å². The largest absolute Gasteiger partial charge is 0.369 e. The van der Waals surface area contributed by atoms with Crippen LogP contribution < -0.4 is 10.2 Å². The van der Waals surface area contributed by atoms with Crippen LogP contribution in [-0.2, 0) is 14.8 Å². The molecule has 1 aromatic carbocycles. The van der Waals surface area contributed by atoms with Crippen LogP contribution in [0.1, 0.15) is 20.3 Å². The maximum absolute atomic E-state index is 12.4. The summed E-state index contributed by atoms with van der Waals surface area (Å²) in [6.07, 6.45) is 0.415. The number of benzene rings is 1. The van der Waals surface area contributed by atoms with E-state index >= 15 is 0 Å². The van der Waals surface area contributed by atoms with Crippen molar-refractivity contribution in [2.75, 3.05) is 43.4 Å². The lowest BCUT2D eigenvalue weighted by atomic mass is 10.1. The first kappa shape index (κ1) is 20.0. The number of nitrogens with zero attached hydrogens (tertiary/aromatic N) is 2. The minimum absolute atomic E-state index is 0.0615. The molecule has 1 aromatic rings. The summed E-state index contributed by atoms with van der Waals surface area (Å²) >= 11 is 6.01. The van der Waals surface area contributed by atoms with Crippen molar-refractivity contribution >= 4 is 33.2 Å². The van der Waals surface area contributed by atoms with Crippen molar-refractivity contribution in [3.63, 3.8) is 0 Å². The maximum atomic E-state index is 12.4. The summed E-state index contributed by atoms with van der Waals surface area (Å²) in [6.45, 7) is 6.19. The van der Waals surface area contributed by atoms with E-state index in [1.54, 1.807) is 0 Å². The molecular formula is C17H26ClN3O3S. The van der Waals surface area contributed by atoms with Gasteiger partial charge in [-0.05, 0) is 24.1 Å². The third kappa shape index (κ3) is 6.17. The van der Waals surface area contributed by atoms with Crippen LogP contribution in [0, 0.1) is 5.92 Å². The number of amides is 1. The minimum Gasteiger partial charge on any atom is -0.369 e. The molecule has 1 heterocycles. The van der Waals surface area contributed by atoms with Gasteiger partial charge in [-0.15, -0.1) is 0 Å². The number of anilines is 1. The molecule has 0 spiro atoms. The third-order valence-electron chi connectivity index (χ3n) is 4.08. The van der Waals surface area contributed by atoms with Crippen LogP contribution >= 0.6 is 11.6 Å². The number of nitrogens with one attached hydrogen (secondary N) is 1. The number of hydrogen-bond acceptors (Lipinski definition) is 4.